The zero-order chi connectivity index (χ0) is 13.4. The van der Waals surface area contributed by atoms with Crippen molar-refractivity contribution in [3.8, 4) is 22.5 Å². The number of nitrogens with zero attached hydrogens (tertiary/aromatic N) is 2. The first-order valence-corrected chi connectivity index (χ1v) is 6.54. The number of aryl methyl sites for hydroxylation is 1. The molecule has 0 saturated carbocycles. The number of anilines is 1. The van der Waals surface area contributed by atoms with Crippen molar-refractivity contribution < 1.29 is 0 Å². The van der Waals surface area contributed by atoms with E-state index in [4.69, 9.17) is 5.73 Å². The molecule has 0 spiro atoms. The predicted molar refractivity (Wildman–Crippen MR) is 74.9 cm³/mol. The number of aromatic nitrogens is 4. The standard InChI is InChI=1S/C12H11N5OS/c1-6-10(11(13)12(18)17-14-6)9-4-8(15-16-9)7-2-3-19-5-7/h2-5H,1H3,(H2,13,14)(H,15,16)(H,17,18). The summed E-state index contributed by atoms with van der Waals surface area (Å²) >= 11 is 1.60. The van der Waals surface area contributed by atoms with Crippen molar-refractivity contribution in [3.05, 3.63) is 38.9 Å². The summed E-state index contributed by atoms with van der Waals surface area (Å²) in [6.45, 7) is 1.78. The van der Waals surface area contributed by atoms with Crippen molar-refractivity contribution in [2.24, 2.45) is 0 Å². The lowest BCUT2D eigenvalue weighted by Crippen LogP contribution is -2.16. The van der Waals surface area contributed by atoms with Gasteiger partial charge in [-0.15, -0.1) is 0 Å². The Kier molecular flexibility index (Phi) is 2.68. The van der Waals surface area contributed by atoms with Crippen LogP contribution in [-0.4, -0.2) is 20.4 Å². The Morgan fingerprint density at radius 2 is 2.16 bits per heavy atom. The minimum absolute atomic E-state index is 0.146. The number of hydrogen-bond donors (Lipinski definition) is 3. The molecule has 96 valence electrons. The van der Waals surface area contributed by atoms with Crippen LogP contribution in [0.3, 0.4) is 0 Å². The lowest BCUT2D eigenvalue weighted by atomic mass is 10.1. The molecule has 3 aromatic rings. The molecule has 0 amide bonds. The number of rotatable bonds is 2. The van der Waals surface area contributed by atoms with Crippen LogP contribution in [-0.2, 0) is 0 Å². The van der Waals surface area contributed by atoms with Crippen LogP contribution in [0, 0.1) is 6.92 Å². The summed E-state index contributed by atoms with van der Waals surface area (Å²) in [4.78, 5) is 11.5. The highest BCUT2D eigenvalue weighted by Gasteiger charge is 2.14. The minimum atomic E-state index is -0.396. The fraction of sp³-hybridized carbons (Fsp3) is 0.0833. The van der Waals surface area contributed by atoms with Crippen molar-refractivity contribution >= 4 is 17.0 Å². The number of nitrogen functional groups attached to an aromatic ring is 1. The first-order chi connectivity index (χ1) is 9.16. The van der Waals surface area contributed by atoms with Gasteiger partial charge in [-0.2, -0.15) is 21.5 Å². The molecule has 7 heteroatoms. The van der Waals surface area contributed by atoms with E-state index < -0.39 is 5.56 Å². The zero-order valence-electron chi connectivity index (χ0n) is 10.1. The molecule has 0 aliphatic carbocycles. The molecule has 0 aliphatic rings. The first kappa shape index (κ1) is 11.7. The Labute approximate surface area is 112 Å². The van der Waals surface area contributed by atoms with Crippen molar-refractivity contribution in [2.75, 3.05) is 5.73 Å². The maximum Gasteiger partial charge on any atom is 0.287 e. The summed E-state index contributed by atoms with van der Waals surface area (Å²) in [7, 11) is 0. The second-order valence-corrected chi connectivity index (χ2v) is 4.89. The first-order valence-electron chi connectivity index (χ1n) is 5.60. The Bertz CT molecular complexity index is 772. The third kappa shape index (κ3) is 1.93. The molecule has 0 unspecified atom stereocenters. The van der Waals surface area contributed by atoms with Gasteiger partial charge in [-0.1, -0.05) is 0 Å². The molecule has 6 nitrogen and oxygen atoms in total. The van der Waals surface area contributed by atoms with Crippen molar-refractivity contribution in [2.45, 2.75) is 6.92 Å². The molecule has 0 saturated heterocycles. The molecule has 3 aromatic heterocycles. The summed E-state index contributed by atoms with van der Waals surface area (Å²) in [6.07, 6.45) is 0. The highest BCUT2D eigenvalue weighted by atomic mass is 32.1. The summed E-state index contributed by atoms with van der Waals surface area (Å²) < 4.78 is 0. The van der Waals surface area contributed by atoms with Crippen molar-refractivity contribution in [1.29, 1.82) is 0 Å². The van der Waals surface area contributed by atoms with Crippen LogP contribution >= 0.6 is 11.3 Å². The number of aromatic amines is 2. The Morgan fingerprint density at radius 3 is 2.89 bits per heavy atom. The fourth-order valence-electron chi connectivity index (χ4n) is 1.91. The van der Waals surface area contributed by atoms with Gasteiger partial charge >= 0.3 is 0 Å². The van der Waals surface area contributed by atoms with E-state index in [0.29, 0.717) is 17.0 Å². The molecule has 0 fully saturated rings. The van der Waals surface area contributed by atoms with E-state index in [1.807, 2.05) is 22.9 Å². The van der Waals surface area contributed by atoms with Gasteiger partial charge in [0, 0.05) is 10.9 Å². The molecule has 0 aromatic carbocycles. The highest BCUT2D eigenvalue weighted by molar-refractivity contribution is 7.08. The van der Waals surface area contributed by atoms with Gasteiger partial charge in [0.1, 0.15) is 5.69 Å². The average Bonchev–Trinajstić information content (AvgIpc) is 3.04. The molecule has 4 N–H and O–H groups in total. The normalized spacial score (nSPS) is 10.8. The molecule has 3 heterocycles. The molecule has 19 heavy (non-hydrogen) atoms. The van der Waals surface area contributed by atoms with E-state index in [-0.39, 0.29) is 5.69 Å². The molecular weight excluding hydrogens is 262 g/mol. The summed E-state index contributed by atoms with van der Waals surface area (Å²) in [5.41, 5.74) is 9.34. The number of nitrogens with one attached hydrogen (secondary N) is 2. The van der Waals surface area contributed by atoms with Gasteiger partial charge in [-0.05, 0) is 24.4 Å². The van der Waals surface area contributed by atoms with Gasteiger partial charge in [0.15, 0.2) is 0 Å². The Morgan fingerprint density at radius 1 is 1.32 bits per heavy atom. The van der Waals surface area contributed by atoms with Gasteiger partial charge in [0.2, 0.25) is 0 Å². The SMILES string of the molecule is Cc1n[nH]c(=O)c(N)c1-c1cc(-c2ccsc2)n[nH]1. The Hall–Kier alpha value is -2.41. The smallest absolute Gasteiger partial charge is 0.287 e. The molecular formula is C12H11N5OS. The topological polar surface area (TPSA) is 100 Å². The number of H-pyrrole nitrogens is 2. The fourth-order valence-corrected chi connectivity index (χ4v) is 2.56. The van der Waals surface area contributed by atoms with Crippen LogP contribution in [0.2, 0.25) is 0 Å². The lowest BCUT2D eigenvalue weighted by molar-refractivity contribution is 0.949. The maximum absolute atomic E-state index is 11.5. The highest BCUT2D eigenvalue weighted by Crippen LogP contribution is 2.28. The van der Waals surface area contributed by atoms with E-state index in [2.05, 4.69) is 20.4 Å². The largest absolute Gasteiger partial charge is 0.394 e. The van der Waals surface area contributed by atoms with Crippen LogP contribution in [0.15, 0.2) is 27.7 Å². The molecule has 0 aliphatic heterocycles. The van der Waals surface area contributed by atoms with Crippen molar-refractivity contribution in [3.63, 3.8) is 0 Å². The van der Waals surface area contributed by atoms with E-state index >= 15 is 0 Å². The third-order valence-electron chi connectivity index (χ3n) is 2.87. The van der Waals surface area contributed by atoms with Crippen LogP contribution in [0.5, 0.6) is 0 Å². The van der Waals surface area contributed by atoms with Gasteiger partial charge in [0.05, 0.1) is 22.6 Å². The molecule has 0 bridgehead atoms. The van der Waals surface area contributed by atoms with Crippen LogP contribution < -0.4 is 11.3 Å². The summed E-state index contributed by atoms with van der Waals surface area (Å²) in [5.74, 6) is 0. The van der Waals surface area contributed by atoms with Crippen LogP contribution in [0.4, 0.5) is 5.69 Å². The number of nitrogens with two attached hydrogens (primary N) is 1. The average molecular weight is 273 g/mol. The second-order valence-electron chi connectivity index (χ2n) is 4.11. The second kappa shape index (κ2) is 4.36. The summed E-state index contributed by atoms with van der Waals surface area (Å²) in [5, 5.41) is 17.4. The Balaban J connectivity index is 2.14. The predicted octanol–water partition coefficient (Wildman–Crippen LogP) is 1.78. The number of hydrogen-bond acceptors (Lipinski definition) is 5. The third-order valence-corrected chi connectivity index (χ3v) is 3.55. The van der Waals surface area contributed by atoms with E-state index in [9.17, 15) is 4.79 Å². The number of thiophene rings is 1. The quantitative estimate of drug-likeness (QED) is 0.662. The van der Waals surface area contributed by atoms with Gasteiger partial charge in [0.25, 0.3) is 5.56 Å². The van der Waals surface area contributed by atoms with Crippen LogP contribution in [0.1, 0.15) is 5.69 Å². The van der Waals surface area contributed by atoms with Gasteiger partial charge in [-0.3, -0.25) is 9.89 Å². The van der Waals surface area contributed by atoms with Crippen molar-refractivity contribution in [1.82, 2.24) is 20.4 Å². The van der Waals surface area contributed by atoms with E-state index in [1.54, 1.807) is 18.3 Å². The lowest BCUT2D eigenvalue weighted by Gasteiger charge is -2.04. The summed E-state index contributed by atoms with van der Waals surface area (Å²) in [6, 6.07) is 3.85. The van der Waals surface area contributed by atoms with E-state index in [1.165, 1.54) is 0 Å². The monoisotopic (exact) mass is 273 g/mol. The molecule has 0 atom stereocenters. The van der Waals surface area contributed by atoms with Gasteiger partial charge in [-0.25, -0.2) is 5.10 Å². The molecule has 3 rings (SSSR count). The maximum atomic E-state index is 11.5. The zero-order valence-corrected chi connectivity index (χ0v) is 10.9. The molecule has 0 radical (unpaired) electrons. The van der Waals surface area contributed by atoms with Crippen LogP contribution in [0.25, 0.3) is 22.5 Å². The minimum Gasteiger partial charge on any atom is -0.394 e. The van der Waals surface area contributed by atoms with E-state index in [0.717, 1.165) is 11.3 Å². The van der Waals surface area contributed by atoms with Gasteiger partial charge < -0.3 is 5.73 Å².